The first-order valence-electron chi connectivity index (χ1n) is 18.9. The predicted octanol–water partition coefficient (Wildman–Crippen LogP) is 1.89. The Hall–Kier alpha value is -4.86. The minimum absolute atomic E-state index is 0.0291. The lowest BCUT2D eigenvalue weighted by Crippen LogP contribution is -2.54. The third-order valence-corrected chi connectivity index (χ3v) is 9.33. The summed E-state index contributed by atoms with van der Waals surface area (Å²) in [5.74, 6) is 0.246. The molecule has 1 saturated heterocycles. The highest BCUT2D eigenvalue weighted by molar-refractivity contribution is 5.92. The number of morpholine rings is 1. The van der Waals surface area contributed by atoms with Crippen molar-refractivity contribution < 1.29 is 28.7 Å². The average Bonchev–Trinajstić information content (AvgIpc) is 3.57. The smallest absolute Gasteiger partial charge is 0.243 e. The average molecular weight is 746 g/mol. The van der Waals surface area contributed by atoms with Crippen molar-refractivity contribution >= 4 is 23.6 Å². The largest absolute Gasteiger partial charge is 0.492 e. The number of amides is 4. The van der Waals surface area contributed by atoms with Crippen LogP contribution in [0.2, 0.25) is 0 Å². The number of hydrogen-bond acceptors (Lipinski definition) is 10. The Balaban J connectivity index is 1.30. The van der Waals surface area contributed by atoms with Crippen LogP contribution in [0.25, 0.3) is 11.4 Å². The summed E-state index contributed by atoms with van der Waals surface area (Å²) in [5.41, 5.74) is 1.76. The lowest BCUT2D eigenvalue weighted by Gasteiger charge is -2.26. The Morgan fingerprint density at radius 3 is 2.30 bits per heavy atom. The maximum atomic E-state index is 13.7. The Morgan fingerprint density at radius 1 is 0.833 bits per heavy atom. The summed E-state index contributed by atoms with van der Waals surface area (Å²) in [7, 11) is 0. The molecule has 0 saturated carbocycles. The first kappa shape index (κ1) is 40.3. The fourth-order valence-electron chi connectivity index (χ4n) is 6.44. The van der Waals surface area contributed by atoms with E-state index in [2.05, 4.69) is 31.3 Å². The molecule has 4 amide bonds. The Morgan fingerprint density at radius 2 is 1.57 bits per heavy atom. The second kappa shape index (κ2) is 20.0. The fraction of sp³-hybridized carbons (Fsp3) is 0.538. The van der Waals surface area contributed by atoms with Crippen LogP contribution >= 0.6 is 0 Å². The minimum atomic E-state index is -0.883. The van der Waals surface area contributed by atoms with E-state index < -0.39 is 29.9 Å². The molecule has 0 aliphatic carbocycles. The Labute approximate surface area is 317 Å². The van der Waals surface area contributed by atoms with E-state index in [-0.39, 0.29) is 30.8 Å². The van der Waals surface area contributed by atoms with Crippen molar-refractivity contribution in [2.45, 2.75) is 71.8 Å². The van der Waals surface area contributed by atoms with Gasteiger partial charge in [0.1, 0.15) is 36.8 Å². The molecule has 3 aromatic rings. The molecule has 15 nitrogen and oxygen atoms in total. The standard InChI is InChI=1S/C39H55N9O6/c1-27(2)23-33-39(52)42-28(3)37-44-36(31-9-6-5-7-10-31)45-48(37)26-34(49)40-15-8-16-47(25-35(50)41-29(4)38(51)43-33)24-30-11-13-32(14-12-30)54-22-19-46-17-20-53-21-18-46/h5-7,9-14,27-29,33H,8,15-26H2,1-4H3,(H,40,49)(H,41,50)(H,42,52)(H,43,51)/t28-,29+,33+/m0/s1. The number of carbonyl (C=O) groups is 4. The van der Waals surface area contributed by atoms with E-state index in [1.54, 1.807) is 13.8 Å². The molecule has 2 aromatic carbocycles. The zero-order valence-electron chi connectivity index (χ0n) is 31.9. The van der Waals surface area contributed by atoms with Gasteiger partial charge in [0.2, 0.25) is 23.6 Å². The number of nitrogens with one attached hydrogen (secondary N) is 4. The first-order chi connectivity index (χ1) is 26.0. The van der Waals surface area contributed by atoms with Gasteiger partial charge in [0.25, 0.3) is 0 Å². The molecule has 5 rings (SSSR count). The van der Waals surface area contributed by atoms with Gasteiger partial charge in [-0.3, -0.25) is 29.0 Å². The van der Waals surface area contributed by atoms with E-state index in [4.69, 9.17) is 14.5 Å². The van der Waals surface area contributed by atoms with Gasteiger partial charge in [-0.15, -0.1) is 0 Å². The molecule has 3 heterocycles. The predicted molar refractivity (Wildman–Crippen MR) is 203 cm³/mol. The molecule has 1 aromatic heterocycles. The van der Waals surface area contributed by atoms with E-state index in [1.807, 2.05) is 73.3 Å². The van der Waals surface area contributed by atoms with E-state index in [0.29, 0.717) is 50.7 Å². The van der Waals surface area contributed by atoms with Gasteiger partial charge < -0.3 is 30.7 Å². The highest BCUT2D eigenvalue weighted by atomic mass is 16.5. The second-order valence-corrected chi connectivity index (χ2v) is 14.4. The van der Waals surface area contributed by atoms with Gasteiger partial charge in [-0.2, -0.15) is 5.10 Å². The molecule has 4 N–H and O–H groups in total. The fourth-order valence-corrected chi connectivity index (χ4v) is 6.44. The third kappa shape index (κ3) is 12.4. The highest BCUT2D eigenvalue weighted by Crippen LogP contribution is 2.20. The van der Waals surface area contributed by atoms with Crippen molar-refractivity contribution in [1.82, 2.24) is 45.8 Å². The molecule has 2 aliphatic heterocycles. The van der Waals surface area contributed by atoms with Crippen LogP contribution in [0, 0.1) is 5.92 Å². The summed E-state index contributed by atoms with van der Waals surface area (Å²) in [6.07, 6.45) is 0.946. The summed E-state index contributed by atoms with van der Waals surface area (Å²) >= 11 is 0. The Bertz CT molecular complexity index is 1680. The SMILES string of the molecule is CC(C)C[C@H]1NC(=O)[C@@H](C)NC(=O)CN(Cc2ccc(OCCN3CCOCC3)cc2)CCCNC(=O)Cn2nc(-c3ccccc3)nc2[C@H](C)NC1=O. The topological polar surface area (TPSA) is 172 Å². The number of nitrogens with zero attached hydrogens (tertiary/aromatic N) is 5. The van der Waals surface area contributed by atoms with E-state index in [1.165, 1.54) is 4.68 Å². The molecule has 0 bridgehead atoms. The van der Waals surface area contributed by atoms with Crippen molar-refractivity contribution in [1.29, 1.82) is 0 Å². The maximum absolute atomic E-state index is 13.7. The molecule has 0 unspecified atom stereocenters. The molecule has 292 valence electrons. The summed E-state index contributed by atoms with van der Waals surface area (Å²) in [6, 6.07) is 14.9. The van der Waals surface area contributed by atoms with E-state index in [0.717, 1.165) is 49.7 Å². The number of fused-ring (bicyclic) bond motifs is 1. The lowest BCUT2D eigenvalue weighted by molar-refractivity contribution is -0.132. The molecular formula is C39H55N9O6. The zero-order valence-corrected chi connectivity index (χ0v) is 31.9. The lowest BCUT2D eigenvalue weighted by atomic mass is 10.0. The van der Waals surface area contributed by atoms with E-state index >= 15 is 0 Å². The van der Waals surface area contributed by atoms with Crippen molar-refractivity contribution in [3.05, 3.63) is 66.0 Å². The van der Waals surface area contributed by atoms with Crippen LogP contribution in [0.3, 0.4) is 0 Å². The summed E-state index contributed by atoms with van der Waals surface area (Å²) in [5, 5.41) is 16.2. The van der Waals surface area contributed by atoms with Gasteiger partial charge in [0.15, 0.2) is 5.82 Å². The van der Waals surface area contributed by atoms with Gasteiger partial charge in [-0.05, 0) is 50.3 Å². The van der Waals surface area contributed by atoms with Crippen LogP contribution in [0.4, 0.5) is 0 Å². The first-order valence-corrected chi connectivity index (χ1v) is 18.9. The third-order valence-electron chi connectivity index (χ3n) is 9.33. The second-order valence-electron chi connectivity index (χ2n) is 14.4. The van der Waals surface area contributed by atoms with Gasteiger partial charge in [-0.25, -0.2) is 9.67 Å². The molecule has 3 atom stereocenters. The number of ether oxygens (including phenoxy) is 2. The quantitative estimate of drug-likeness (QED) is 0.254. The van der Waals surface area contributed by atoms with Crippen molar-refractivity contribution in [2.24, 2.45) is 5.92 Å². The van der Waals surface area contributed by atoms with Crippen LogP contribution in [0.1, 0.15) is 58.0 Å². The zero-order chi connectivity index (χ0) is 38.5. The number of rotatable bonds is 9. The molecule has 0 radical (unpaired) electrons. The molecular weight excluding hydrogens is 690 g/mol. The van der Waals surface area contributed by atoms with Crippen molar-refractivity contribution in [2.75, 3.05) is 59.1 Å². The molecule has 0 spiro atoms. The van der Waals surface area contributed by atoms with Crippen LogP contribution in [0.15, 0.2) is 54.6 Å². The molecule has 2 aliphatic rings. The van der Waals surface area contributed by atoms with Crippen molar-refractivity contribution in [3.8, 4) is 17.1 Å². The molecule has 54 heavy (non-hydrogen) atoms. The maximum Gasteiger partial charge on any atom is 0.243 e. The highest BCUT2D eigenvalue weighted by Gasteiger charge is 2.29. The molecule has 1 fully saturated rings. The monoisotopic (exact) mass is 745 g/mol. The summed E-state index contributed by atoms with van der Waals surface area (Å²) in [6.45, 7) is 13.3. The normalized spacial score (nSPS) is 21.8. The number of benzene rings is 2. The van der Waals surface area contributed by atoms with Crippen LogP contribution in [-0.4, -0.2) is 119 Å². The van der Waals surface area contributed by atoms with Crippen LogP contribution < -0.4 is 26.0 Å². The number of aromatic nitrogens is 3. The number of hydrogen-bond donors (Lipinski definition) is 4. The Kier molecular flexibility index (Phi) is 14.9. The van der Waals surface area contributed by atoms with Gasteiger partial charge in [0.05, 0.1) is 25.8 Å². The number of carbonyl (C=O) groups excluding carboxylic acids is 4. The minimum Gasteiger partial charge on any atom is -0.492 e. The van der Waals surface area contributed by atoms with Crippen LogP contribution in [-0.2, 0) is 37.0 Å². The summed E-state index contributed by atoms with van der Waals surface area (Å²) in [4.78, 5) is 62.6. The van der Waals surface area contributed by atoms with E-state index in [9.17, 15) is 19.2 Å². The van der Waals surface area contributed by atoms with Gasteiger partial charge >= 0.3 is 0 Å². The van der Waals surface area contributed by atoms with Crippen molar-refractivity contribution in [3.63, 3.8) is 0 Å². The van der Waals surface area contributed by atoms with Gasteiger partial charge in [0, 0.05) is 44.8 Å². The van der Waals surface area contributed by atoms with Crippen LogP contribution in [0.5, 0.6) is 5.75 Å². The van der Waals surface area contributed by atoms with Gasteiger partial charge in [-0.1, -0.05) is 56.3 Å². The summed E-state index contributed by atoms with van der Waals surface area (Å²) < 4.78 is 12.9. The molecule has 15 heteroatoms.